The Kier molecular flexibility index (Phi) is 10.6. The molecular weight excluding hydrogens is 521 g/mol. The number of carbonyl (C=O) groups excluding carboxylic acids is 2. The Hall–Kier alpha value is -2.29. The second kappa shape index (κ2) is 12.8. The first-order valence-electron chi connectivity index (χ1n) is 11.8. The van der Waals surface area contributed by atoms with E-state index in [0.717, 1.165) is 21.7 Å². The number of amides is 2. The van der Waals surface area contributed by atoms with E-state index in [1.165, 1.54) is 4.90 Å². The van der Waals surface area contributed by atoms with Gasteiger partial charge in [-0.25, -0.2) is 8.42 Å². The number of nitrogens with zero attached hydrogens (tertiary/aromatic N) is 2. The number of rotatable bonds is 11. The van der Waals surface area contributed by atoms with Crippen molar-refractivity contribution >= 4 is 50.7 Å². The van der Waals surface area contributed by atoms with Crippen molar-refractivity contribution in [2.75, 3.05) is 23.7 Å². The van der Waals surface area contributed by atoms with Crippen molar-refractivity contribution in [2.45, 2.75) is 53.6 Å². The number of carbonyl (C=O) groups is 2. The molecule has 0 unspecified atom stereocenters. The zero-order valence-corrected chi connectivity index (χ0v) is 24.0. The minimum atomic E-state index is -3.82. The van der Waals surface area contributed by atoms with Gasteiger partial charge >= 0.3 is 0 Å². The lowest BCUT2D eigenvalue weighted by molar-refractivity contribution is -0.140. The van der Waals surface area contributed by atoms with Crippen molar-refractivity contribution in [1.82, 2.24) is 10.2 Å². The van der Waals surface area contributed by atoms with Crippen molar-refractivity contribution in [1.29, 1.82) is 0 Å². The largest absolute Gasteiger partial charge is 0.354 e. The highest BCUT2D eigenvalue weighted by atomic mass is 35.5. The first-order valence-corrected chi connectivity index (χ1v) is 14.4. The first-order chi connectivity index (χ1) is 16.8. The Labute approximate surface area is 224 Å². The van der Waals surface area contributed by atoms with Gasteiger partial charge in [0.25, 0.3) is 0 Å². The molecular formula is C26H35Cl2N3O4S. The van der Waals surface area contributed by atoms with E-state index in [-0.39, 0.29) is 18.4 Å². The lowest BCUT2D eigenvalue weighted by atomic mass is 10.1. The minimum absolute atomic E-state index is 0.0463. The molecule has 198 valence electrons. The van der Waals surface area contributed by atoms with E-state index in [9.17, 15) is 18.0 Å². The van der Waals surface area contributed by atoms with Gasteiger partial charge in [-0.05, 0) is 55.5 Å². The van der Waals surface area contributed by atoms with Crippen molar-refractivity contribution < 1.29 is 18.0 Å². The molecule has 0 spiro atoms. The summed E-state index contributed by atoms with van der Waals surface area (Å²) in [7, 11) is -3.82. The standard InChI is InChI=1S/C26H35Cl2N3O4S/c1-7-23(26(33)29-14-17(2)3)30(15-20-21(27)11-9-12-22(20)28)25(32)16-31(36(6,34)35)24-13-8-10-18(4)19(24)5/h8-13,17,23H,7,14-16H2,1-6H3,(H,29,33)/t23-/m1/s1. The van der Waals surface area contributed by atoms with E-state index < -0.39 is 28.5 Å². The molecule has 7 nitrogen and oxygen atoms in total. The van der Waals surface area contributed by atoms with E-state index in [2.05, 4.69) is 5.32 Å². The Morgan fingerprint density at radius 1 is 1.03 bits per heavy atom. The summed E-state index contributed by atoms with van der Waals surface area (Å²) in [5.41, 5.74) is 2.55. The third-order valence-corrected chi connectivity index (χ3v) is 7.82. The van der Waals surface area contributed by atoms with Gasteiger partial charge in [0.2, 0.25) is 21.8 Å². The van der Waals surface area contributed by atoms with Crippen LogP contribution in [0.3, 0.4) is 0 Å². The maximum atomic E-state index is 13.8. The minimum Gasteiger partial charge on any atom is -0.354 e. The van der Waals surface area contributed by atoms with Crippen molar-refractivity contribution in [3.05, 3.63) is 63.1 Å². The SMILES string of the molecule is CC[C@H](C(=O)NCC(C)C)N(Cc1c(Cl)cccc1Cl)C(=O)CN(c1cccc(C)c1C)S(C)(=O)=O. The Balaban J connectivity index is 2.53. The summed E-state index contributed by atoms with van der Waals surface area (Å²) in [5, 5.41) is 3.59. The van der Waals surface area contributed by atoms with Crippen molar-refractivity contribution in [3.63, 3.8) is 0 Å². The quantitative estimate of drug-likeness (QED) is 0.424. The number of hydrogen-bond donors (Lipinski definition) is 1. The topological polar surface area (TPSA) is 86.8 Å². The molecule has 0 saturated heterocycles. The summed E-state index contributed by atoms with van der Waals surface area (Å²) in [4.78, 5) is 28.3. The van der Waals surface area contributed by atoms with Gasteiger partial charge in [-0.3, -0.25) is 13.9 Å². The molecule has 36 heavy (non-hydrogen) atoms. The van der Waals surface area contributed by atoms with Crippen molar-refractivity contribution in [3.8, 4) is 0 Å². The molecule has 0 bridgehead atoms. The molecule has 2 rings (SSSR count). The molecule has 0 aliphatic heterocycles. The van der Waals surface area contributed by atoms with Gasteiger partial charge in [0.05, 0.1) is 11.9 Å². The zero-order chi connectivity index (χ0) is 27.2. The molecule has 1 N–H and O–H groups in total. The molecule has 0 radical (unpaired) electrons. The monoisotopic (exact) mass is 555 g/mol. The number of nitrogens with one attached hydrogen (secondary N) is 1. The van der Waals surface area contributed by atoms with E-state index in [1.807, 2.05) is 33.8 Å². The Morgan fingerprint density at radius 2 is 1.61 bits per heavy atom. The summed E-state index contributed by atoms with van der Waals surface area (Å²) in [6.45, 7) is 9.36. The third-order valence-electron chi connectivity index (χ3n) is 5.98. The number of aryl methyl sites for hydroxylation is 1. The van der Waals surface area contributed by atoms with Gasteiger partial charge < -0.3 is 10.2 Å². The van der Waals surface area contributed by atoms with Gasteiger partial charge in [-0.2, -0.15) is 0 Å². The fraction of sp³-hybridized carbons (Fsp3) is 0.462. The highest BCUT2D eigenvalue weighted by molar-refractivity contribution is 7.92. The zero-order valence-electron chi connectivity index (χ0n) is 21.6. The molecule has 10 heteroatoms. The third kappa shape index (κ3) is 7.60. The van der Waals surface area contributed by atoms with Crippen LogP contribution in [0.15, 0.2) is 36.4 Å². The van der Waals surface area contributed by atoms with Crippen LogP contribution in [0.1, 0.15) is 43.9 Å². The van der Waals surface area contributed by atoms with Crippen LogP contribution in [0, 0.1) is 19.8 Å². The number of benzene rings is 2. The maximum absolute atomic E-state index is 13.8. The lowest BCUT2D eigenvalue weighted by Crippen LogP contribution is -2.52. The van der Waals surface area contributed by atoms with Gasteiger partial charge in [0.15, 0.2) is 0 Å². The number of hydrogen-bond acceptors (Lipinski definition) is 4. The van der Waals surface area contributed by atoms with Crippen LogP contribution in [-0.2, 0) is 26.2 Å². The summed E-state index contributed by atoms with van der Waals surface area (Å²) < 4.78 is 26.7. The second-order valence-electron chi connectivity index (χ2n) is 9.27. The van der Waals surface area contributed by atoms with Crippen LogP contribution in [0.2, 0.25) is 10.0 Å². The van der Waals surface area contributed by atoms with E-state index in [0.29, 0.717) is 34.3 Å². The molecule has 0 saturated carbocycles. The molecule has 0 aliphatic rings. The number of sulfonamides is 1. The predicted molar refractivity (Wildman–Crippen MR) is 147 cm³/mol. The van der Waals surface area contributed by atoms with Gasteiger partial charge in [0, 0.05) is 28.7 Å². The number of anilines is 1. The molecule has 0 aromatic heterocycles. The smallest absolute Gasteiger partial charge is 0.244 e. The molecule has 0 aliphatic carbocycles. The van der Waals surface area contributed by atoms with Gasteiger partial charge in [0.1, 0.15) is 12.6 Å². The Morgan fingerprint density at radius 3 is 2.14 bits per heavy atom. The van der Waals surface area contributed by atoms with Crippen LogP contribution in [0.5, 0.6) is 0 Å². The summed E-state index contributed by atoms with van der Waals surface area (Å²) >= 11 is 12.8. The van der Waals surface area contributed by atoms with Crippen LogP contribution >= 0.6 is 23.2 Å². The summed E-state index contributed by atoms with van der Waals surface area (Å²) in [5.74, 6) is -0.636. The fourth-order valence-electron chi connectivity index (χ4n) is 3.80. The summed E-state index contributed by atoms with van der Waals surface area (Å²) in [6.07, 6.45) is 1.38. The summed E-state index contributed by atoms with van der Waals surface area (Å²) in [6, 6.07) is 9.45. The van der Waals surface area contributed by atoms with Crippen molar-refractivity contribution in [2.24, 2.45) is 5.92 Å². The first kappa shape index (κ1) is 29.9. The fourth-order valence-corrected chi connectivity index (χ4v) is 5.21. The number of halogens is 2. The van der Waals surface area contributed by atoms with Crippen LogP contribution in [-0.4, -0.2) is 50.5 Å². The van der Waals surface area contributed by atoms with Crippen LogP contribution < -0.4 is 9.62 Å². The molecule has 0 heterocycles. The molecule has 0 fully saturated rings. The van der Waals surface area contributed by atoms with Crippen LogP contribution in [0.4, 0.5) is 5.69 Å². The molecule has 2 aromatic carbocycles. The normalized spacial score (nSPS) is 12.4. The highest BCUT2D eigenvalue weighted by Gasteiger charge is 2.33. The maximum Gasteiger partial charge on any atom is 0.244 e. The molecule has 2 amide bonds. The predicted octanol–water partition coefficient (Wildman–Crippen LogP) is 4.96. The average molecular weight is 557 g/mol. The average Bonchev–Trinajstić information content (AvgIpc) is 2.79. The van der Waals surface area contributed by atoms with Crippen LogP contribution in [0.25, 0.3) is 0 Å². The van der Waals surface area contributed by atoms with E-state index in [1.54, 1.807) is 37.3 Å². The van der Waals surface area contributed by atoms with E-state index in [4.69, 9.17) is 23.2 Å². The van der Waals surface area contributed by atoms with Gasteiger partial charge in [-0.1, -0.05) is 62.2 Å². The molecule has 2 aromatic rings. The van der Waals surface area contributed by atoms with Gasteiger partial charge in [-0.15, -0.1) is 0 Å². The molecule has 1 atom stereocenters. The van der Waals surface area contributed by atoms with E-state index >= 15 is 0 Å². The highest BCUT2D eigenvalue weighted by Crippen LogP contribution is 2.29. The lowest BCUT2D eigenvalue weighted by Gasteiger charge is -2.33. The second-order valence-corrected chi connectivity index (χ2v) is 12.0. The Bertz CT molecular complexity index is 1180.